The van der Waals surface area contributed by atoms with Crippen molar-refractivity contribution in [3.63, 3.8) is 0 Å². The van der Waals surface area contributed by atoms with Gasteiger partial charge in [-0.15, -0.1) is 10.2 Å². The Morgan fingerprint density at radius 2 is 1.48 bits per heavy atom. The highest BCUT2D eigenvalue weighted by molar-refractivity contribution is 5.82. The molecule has 2 rings (SSSR count). The Labute approximate surface area is 123 Å². The second kappa shape index (κ2) is 6.25. The fraction of sp³-hybridized carbons (Fsp3) is 0.357. The Hall–Kier alpha value is -2.57. The van der Waals surface area contributed by atoms with Gasteiger partial charge in [-0.05, 0) is 26.0 Å². The summed E-state index contributed by atoms with van der Waals surface area (Å²) in [5.74, 6) is 3.15. The first-order chi connectivity index (χ1) is 10.1. The van der Waals surface area contributed by atoms with E-state index in [1.807, 2.05) is 26.0 Å². The molecule has 0 atom stereocenters. The maximum absolute atomic E-state index is 5.31. The van der Waals surface area contributed by atoms with Gasteiger partial charge < -0.3 is 14.2 Å². The van der Waals surface area contributed by atoms with E-state index in [2.05, 4.69) is 15.3 Å². The standard InChI is InChI=1S/C14H18N4O3/c1-9-16-17-10(2)18(9)15-8-11-6-12(19-3)14(21-5)13(7-11)20-4/h6-8H,1-5H3/b15-8+. The van der Waals surface area contributed by atoms with Gasteiger partial charge in [-0.1, -0.05) is 0 Å². The van der Waals surface area contributed by atoms with Gasteiger partial charge in [-0.25, -0.2) is 4.68 Å². The quantitative estimate of drug-likeness (QED) is 0.785. The summed E-state index contributed by atoms with van der Waals surface area (Å²) in [6.45, 7) is 3.68. The van der Waals surface area contributed by atoms with Gasteiger partial charge >= 0.3 is 0 Å². The van der Waals surface area contributed by atoms with Crippen molar-refractivity contribution in [1.82, 2.24) is 14.9 Å². The van der Waals surface area contributed by atoms with E-state index < -0.39 is 0 Å². The molecular weight excluding hydrogens is 272 g/mol. The number of methoxy groups -OCH3 is 3. The molecule has 0 saturated heterocycles. The van der Waals surface area contributed by atoms with E-state index in [1.165, 1.54) is 0 Å². The summed E-state index contributed by atoms with van der Waals surface area (Å²) in [6.07, 6.45) is 1.69. The fourth-order valence-corrected chi connectivity index (χ4v) is 1.93. The lowest BCUT2D eigenvalue weighted by atomic mass is 10.2. The average molecular weight is 290 g/mol. The molecule has 0 aliphatic carbocycles. The van der Waals surface area contributed by atoms with Crippen LogP contribution in [0.5, 0.6) is 17.2 Å². The van der Waals surface area contributed by atoms with E-state index in [-0.39, 0.29) is 0 Å². The van der Waals surface area contributed by atoms with Gasteiger partial charge in [0.1, 0.15) is 0 Å². The molecule has 2 aromatic rings. The molecule has 112 valence electrons. The van der Waals surface area contributed by atoms with E-state index in [4.69, 9.17) is 14.2 Å². The maximum atomic E-state index is 5.31. The van der Waals surface area contributed by atoms with Crippen LogP contribution in [0.3, 0.4) is 0 Å². The lowest BCUT2D eigenvalue weighted by Gasteiger charge is -2.12. The van der Waals surface area contributed by atoms with Crippen molar-refractivity contribution in [2.45, 2.75) is 13.8 Å². The van der Waals surface area contributed by atoms with E-state index in [0.29, 0.717) is 17.2 Å². The molecular formula is C14H18N4O3. The molecule has 0 radical (unpaired) electrons. The third-order valence-corrected chi connectivity index (χ3v) is 2.96. The lowest BCUT2D eigenvalue weighted by Crippen LogP contribution is -1.99. The van der Waals surface area contributed by atoms with Crippen LogP contribution in [-0.2, 0) is 0 Å². The van der Waals surface area contributed by atoms with E-state index in [0.717, 1.165) is 17.2 Å². The van der Waals surface area contributed by atoms with Crippen LogP contribution in [0.25, 0.3) is 0 Å². The van der Waals surface area contributed by atoms with Crippen LogP contribution in [0.4, 0.5) is 0 Å². The average Bonchev–Trinajstić information content (AvgIpc) is 2.82. The Morgan fingerprint density at radius 3 is 1.90 bits per heavy atom. The van der Waals surface area contributed by atoms with Gasteiger partial charge in [0, 0.05) is 5.56 Å². The third-order valence-electron chi connectivity index (χ3n) is 2.96. The van der Waals surface area contributed by atoms with Crippen LogP contribution in [0, 0.1) is 13.8 Å². The molecule has 0 fully saturated rings. The number of nitrogens with zero attached hydrogens (tertiary/aromatic N) is 4. The molecule has 0 saturated carbocycles. The van der Waals surface area contributed by atoms with Crippen molar-refractivity contribution < 1.29 is 14.2 Å². The third kappa shape index (κ3) is 2.96. The van der Waals surface area contributed by atoms with Crippen molar-refractivity contribution >= 4 is 6.21 Å². The molecule has 1 heterocycles. The van der Waals surface area contributed by atoms with Crippen LogP contribution >= 0.6 is 0 Å². The minimum absolute atomic E-state index is 0.550. The van der Waals surface area contributed by atoms with Crippen LogP contribution in [0.2, 0.25) is 0 Å². The summed E-state index contributed by atoms with van der Waals surface area (Å²) >= 11 is 0. The summed E-state index contributed by atoms with van der Waals surface area (Å²) in [6, 6.07) is 3.64. The van der Waals surface area contributed by atoms with Crippen molar-refractivity contribution in [2.75, 3.05) is 21.3 Å². The Morgan fingerprint density at radius 1 is 0.952 bits per heavy atom. The highest BCUT2D eigenvalue weighted by Crippen LogP contribution is 2.37. The number of hydrogen-bond donors (Lipinski definition) is 0. The van der Waals surface area contributed by atoms with E-state index in [1.54, 1.807) is 32.2 Å². The van der Waals surface area contributed by atoms with Crippen molar-refractivity contribution in [3.05, 3.63) is 29.3 Å². The van der Waals surface area contributed by atoms with Crippen LogP contribution in [0.1, 0.15) is 17.2 Å². The van der Waals surface area contributed by atoms with Gasteiger partial charge in [0.15, 0.2) is 23.1 Å². The number of aryl methyl sites for hydroxylation is 2. The molecule has 0 aliphatic rings. The predicted octanol–water partition coefficient (Wildman–Crippen LogP) is 1.80. The molecule has 1 aromatic carbocycles. The molecule has 0 unspecified atom stereocenters. The minimum Gasteiger partial charge on any atom is -0.493 e. The molecule has 1 aromatic heterocycles. The molecule has 7 nitrogen and oxygen atoms in total. The largest absolute Gasteiger partial charge is 0.493 e. The summed E-state index contributed by atoms with van der Waals surface area (Å²) < 4.78 is 17.5. The lowest BCUT2D eigenvalue weighted by molar-refractivity contribution is 0.324. The number of aromatic nitrogens is 3. The topological polar surface area (TPSA) is 70.8 Å². The highest BCUT2D eigenvalue weighted by atomic mass is 16.5. The Kier molecular flexibility index (Phi) is 4.42. The minimum atomic E-state index is 0.550. The number of benzene rings is 1. The zero-order valence-electron chi connectivity index (χ0n) is 12.7. The van der Waals surface area contributed by atoms with Gasteiger partial charge in [-0.3, -0.25) is 0 Å². The summed E-state index contributed by atoms with van der Waals surface area (Å²) in [5.41, 5.74) is 0.817. The summed E-state index contributed by atoms with van der Waals surface area (Å²) in [5, 5.41) is 12.3. The number of hydrogen-bond acceptors (Lipinski definition) is 6. The van der Waals surface area contributed by atoms with Gasteiger partial charge in [-0.2, -0.15) is 5.10 Å². The fourth-order valence-electron chi connectivity index (χ4n) is 1.93. The Bertz CT molecular complexity index is 620. The zero-order valence-corrected chi connectivity index (χ0v) is 12.7. The first kappa shape index (κ1) is 14.8. The molecule has 21 heavy (non-hydrogen) atoms. The van der Waals surface area contributed by atoms with E-state index >= 15 is 0 Å². The van der Waals surface area contributed by atoms with Crippen molar-refractivity contribution in [2.24, 2.45) is 5.10 Å². The zero-order chi connectivity index (χ0) is 15.4. The SMILES string of the molecule is COc1cc(/C=N/n2c(C)nnc2C)cc(OC)c1OC. The van der Waals surface area contributed by atoms with Crippen LogP contribution < -0.4 is 14.2 Å². The molecule has 0 amide bonds. The smallest absolute Gasteiger partial charge is 0.203 e. The molecule has 0 aliphatic heterocycles. The normalized spacial score (nSPS) is 10.9. The van der Waals surface area contributed by atoms with Gasteiger partial charge in [0.2, 0.25) is 5.75 Å². The van der Waals surface area contributed by atoms with Gasteiger partial charge in [0.05, 0.1) is 27.5 Å². The molecule has 0 N–H and O–H groups in total. The second-order valence-electron chi connectivity index (χ2n) is 4.31. The van der Waals surface area contributed by atoms with Crippen molar-refractivity contribution in [1.29, 1.82) is 0 Å². The molecule has 7 heteroatoms. The number of rotatable bonds is 5. The van der Waals surface area contributed by atoms with Crippen molar-refractivity contribution in [3.8, 4) is 17.2 Å². The summed E-state index contributed by atoms with van der Waals surface area (Å²) in [7, 11) is 4.72. The molecule has 0 spiro atoms. The molecule has 0 bridgehead atoms. The predicted molar refractivity (Wildman–Crippen MR) is 78.6 cm³/mol. The van der Waals surface area contributed by atoms with Gasteiger partial charge in [0.25, 0.3) is 0 Å². The van der Waals surface area contributed by atoms with Crippen LogP contribution in [0.15, 0.2) is 17.2 Å². The Balaban J connectivity index is 2.41. The maximum Gasteiger partial charge on any atom is 0.203 e. The second-order valence-corrected chi connectivity index (χ2v) is 4.31. The number of ether oxygens (including phenoxy) is 3. The highest BCUT2D eigenvalue weighted by Gasteiger charge is 2.12. The monoisotopic (exact) mass is 290 g/mol. The van der Waals surface area contributed by atoms with Crippen LogP contribution in [-0.4, -0.2) is 42.4 Å². The van der Waals surface area contributed by atoms with E-state index in [9.17, 15) is 0 Å². The first-order valence-electron chi connectivity index (χ1n) is 6.33. The first-order valence-corrected chi connectivity index (χ1v) is 6.33. The summed E-state index contributed by atoms with van der Waals surface area (Å²) in [4.78, 5) is 0.